The molecule has 0 bridgehead atoms. The lowest BCUT2D eigenvalue weighted by molar-refractivity contribution is -0.117. The third-order valence-electron chi connectivity index (χ3n) is 3.53. The number of hydrogen-bond donors (Lipinski definition) is 2. The number of amides is 1. The Labute approximate surface area is 155 Å². The molecule has 1 unspecified atom stereocenters. The van der Waals surface area contributed by atoms with Crippen LogP contribution in [-0.2, 0) is 11.2 Å². The molecule has 1 atom stereocenters. The molecule has 1 amide bonds. The molecule has 1 aromatic carbocycles. The number of carbonyl (C=O) groups excluding carboxylic acids is 1. The van der Waals surface area contributed by atoms with Gasteiger partial charge in [-0.05, 0) is 43.1 Å². The van der Waals surface area contributed by atoms with Gasteiger partial charge in [-0.2, -0.15) is 0 Å². The number of aromatic nitrogens is 1. The van der Waals surface area contributed by atoms with E-state index in [2.05, 4.69) is 15.6 Å². The van der Waals surface area contributed by atoms with Crippen LogP contribution in [0.25, 0.3) is 0 Å². The maximum Gasteiger partial charge on any atom is 0.243 e. The van der Waals surface area contributed by atoms with E-state index in [1.54, 1.807) is 18.3 Å². The van der Waals surface area contributed by atoms with Crippen LogP contribution in [0, 0.1) is 0 Å². The van der Waals surface area contributed by atoms with Crippen LogP contribution in [0.15, 0.2) is 24.4 Å². The highest BCUT2D eigenvalue weighted by Crippen LogP contribution is 2.27. The quantitative estimate of drug-likeness (QED) is 0.821. The van der Waals surface area contributed by atoms with Gasteiger partial charge in [0, 0.05) is 27.5 Å². The zero-order chi connectivity index (χ0) is 15.5. The van der Waals surface area contributed by atoms with Crippen molar-refractivity contribution in [3.8, 4) is 0 Å². The summed E-state index contributed by atoms with van der Waals surface area (Å²) in [5.74, 6) is -0.0146. The van der Waals surface area contributed by atoms with E-state index in [1.165, 1.54) is 11.3 Å². The van der Waals surface area contributed by atoms with E-state index in [1.807, 2.05) is 6.07 Å². The van der Waals surface area contributed by atoms with Gasteiger partial charge in [-0.15, -0.1) is 23.7 Å². The summed E-state index contributed by atoms with van der Waals surface area (Å²) in [5.41, 5.74) is 0.952. The van der Waals surface area contributed by atoms with E-state index in [-0.39, 0.29) is 24.4 Å². The molecule has 0 radical (unpaired) electrons. The van der Waals surface area contributed by atoms with Crippen LogP contribution in [0.4, 0.5) is 5.13 Å². The molecule has 1 fully saturated rings. The summed E-state index contributed by atoms with van der Waals surface area (Å²) >= 11 is 13.6. The van der Waals surface area contributed by atoms with Gasteiger partial charge in [0.2, 0.25) is 5.91 Å². The first-order chi connectivity index (χ1) is 10.6. The van der Waals surface area contributed by atoms with E-state index in [9.17, 15) is 4.79 Å². The highest BCUT2D eigenvalue weighted by atomic mass is 35.5. The van der Waals surface area contributed by atoms with Crippen LogP contribution < -0.4 is 10.6 Å². The number of nitrogens with one attached hydrogen (secondary N) is 2. The van der Waals surface area contributed by atoms with Crippen molar-refractivity contribution in [3.05, 3.63) is 44.9 Å². The number of rotatable bonds is 4. The number of benzene rings is 1. The fourth-order valence-electron chi connectivity index (χ4n) is 2.41. The summed E-state index contributed by atoms with van der Waals surface area (Å²) in [7, 11) is 0. The van der Waals surface area contributed by atoms with Gasteiger partial charge in [0.15, 0.2) is 5.13 Å². The van der Waals surface area contributed by atoms with Crippen LogP contribution in [0.3, 0.4) is 0 Å². The average Bonchev–Trinajstić information content (AvgIpc) is 3.14. The number of hydrogen-bond acceptors (Lipinski definition) is 4. The van der Waals surface area contributed by atoms with E-state index < -0.39 is 0 Å². The normalized spacial score (nSPS) is 16.9. The third-order valence-corrected chi connectivity index (χ3v) is 5.05. The van der Waals surface area contributed by atoms with Crippen molar-refractivity contribution in [2.75, 3.05) is 11.9 Å². The number of anilines is 1. The standard InChI is InChI=1S/C15H15Cl2N3OS.ClH/c16-10-3-4-12(17)9(6-10)7-11-8-19-15(22-11)20-14(21)13-2-1-5-18-13;/h3-4,6,8,13,18H,1-2,5,7H2,(H,19,20,21);1H. The molecule has 1 saturated heterocycles. The Hall–Kier alpha value is -0.850. The lowest BCUT2D eigenvalue weighted by Crippen LogP contribution is -2.35. The predicted octanol–water partition coefficient (Wildman–Crippen LogP) is 4.15. The topological polar surface area (TPSA) is 54.0 Å². The molecule has 1 aromatic heterocycles. The van der Waals surface area contributed by atoms with E-state index in [0.29, 0.717) is 21.6 Å². The van der Waals surface area contributed by atoms with Crippen LogP contribution in [-0.4, -0.2) is 23.5 Å². The summed E-state index contributed by atoms with van der Waals surface area (Å²) in [6.45, 7) is 0.897. The first-order valence-corrected chi connectivity index (χ1v) is 8.62. The van der Waals surface area contributed by atoms with Gasteiger partial charge in [0.05, 0.1) is 6.04 Å². The Bertz CT molecular complexity index is 686. The maximum absolute atomic E-state index is 12.0. The molecule has 2 heterocycles. The first kappa shape index (κ1) is 18.5. The van der Waals surface area contributed by atoms with Crippen LogP contribution in [0.2, 0.25) is 10.0 Å². The fraction of sp³-hybridized carbons (Fsp3) is 0.333. The Balaban J connectivity index is 0.00000192. The van der Waals surface area contributed by atoms with Crippen LogP contribution in [0.5, 0.6) is 0 Å². The third kappa shape index (κ3) is 4.81. The maximum atomic E-state index is 12.0. The molecule has 1 aliphatic rings. The zero-order valence-corrected chi connectivity index (χ0v) is 15.3. The number of carbonyl (C=O) groups is 1. The largest absolute Gasteiger partial charge is 0.306 e. The molecule has 2 aromatic rings. The highest BCUT2D eigenvalue weighted by Gasteiger charge is 2.22. The van der Waals surface area contributed by atoms with Gasteiger partial charge in [0.1, 0.15) is 0 Å². The molecule has 1 aliphatic heterocycles. The summed E-state index contributed by atoms with van der Waals surface area (Å²) in [4.78, 5) is 17.3. The van der Waals surface area contributed by atoms with Gasteiger partial charge < -0.3 is 10.6 Å². The second-order valence-corrected chi connectivity index (χ2v) is 7.14. The minimum Gasteiger partial charge on any atom is -0.306 e. The molecule has 0 aliphatic carbocycles. The van der Waals surface area contributed by atoms with Crippen molar-refractivity contribution >= 4 is 58.0 Å². The van der Waals surface area contributed by atoms with E-state index >= 15 is 0 Å². The van der Waals surface area contributed by atoms with Crippen LogP contribution >= 0.6 is 46.9 Å². The molecule has 124 valence electrons. The average molecular weight is 393 g/mol. The van der Waals surface area contributed by atoms with Crippen molar-refractivity contribution in [2.45, 2.75) is 25.3 Å². The minimum atomic E-state index is -0.102. The zero-order valence-electron chi connectivity index (χ0n) is 12.1. The fourth-order valence-corrected chi connectivity index (χ4v) is 3.63. The summed E-state index contributed by atoms with van der Waals surface area (Å²) in [6.07, 6.45) is 4.32. The molecular weight excluding hydrogens is 377 g/mol. The number of nitrogens with zero attached hydrogens (tertiary/aromatic N) is 1. The summed E-state index contributed by atoms with van der Waals surface area (Å²) in [6, 6.07) is 5.30. The number of halogens is 3. The Morgan fingerprint density at radius 1 is 1.43 bits per heavy atom. The second-order valence-electron chi connectivity index (χ2n) is 5.18. The van der Waals surface area contributed by atoms with Gasteiger partial charge in [-0.1, -0.05) is 23.2 Å². The summed E-state index contributed by atoms with van der Waals surface area (Å²) in [5, 5.41) is 7.99. The lowest BCUT2D eigenvalue weighted by atomic mass is 10.1. The molecular formula is C15H16Cl3N3OS. The Morgan fingerprint density at radius 2 is 2.26 bits per heavy atom. The van der Waals surface area contributed by atoms with Gasteiger partial charge >= 0.3 is 0 Å². The molecule has 8 heteroatoms. The molecule has 2 N–H and O–H groups in total. The molecule has 0 saturated carbocycles. The van der Waals surface area contributed by atoms with Crippen LogP contribution in [0.1, 0.15) is 23.3 Å². The van der Waals surface area contributed by atoms with Crippen molar-refractivity contribution in [1.29, 1.82) is 0 Å². The highest BCUT2D eigenvalue weighted by molar-refractivity contribution is 7.15. The van der Waals surface area contributed by atoms with Crippen molar-refractivity contribution in [3.63, 3.8) is 0 Å². The Morgan fingerprint density at radius 3 is 3.00 bits per heavy atom. The first-order valence-electron chi connectivity index (χ1n) is 7.05. The van der Waals surface area contributed by atoms with Gasteiger partial charge in [0.25, 0.3) is 0 Å². The Kier molecular flexibility index (Phi) is 6.68. The molecule has 23 heavy (non-hydrogen) atoms. The van der Waals surface area contributed by atoms with Gasteiger partial charge in [-0.3, -0.25) is 4.79 Å². The molecule has 3 rings (SSSR count). The monoisotopic (exact) mass is 391 g/mol. The minimum absolute atomic E-state index is 0. The van der Waals surface area contributed by atoms with Gasteiger partial charge in [-0.25, -0.2) is 4.98 Å². The van der Waals surface area contributed by atoms with E-state index in [0.717, 1.165) is 29.8 Å². The SMILES string of the molecule is Cl.O=C(Nc1ncc(Cc2cc(Cl)ccc2Cl)s1)C1CCCN1. The van der Waals surface area contributed by atoms with Crippen molar-refractivity contribution < 1.29 is 4.79 Å². The predicted molar refractivity (Wildman–Crippen MR) is 98.3 cm³/mol. The van der Waals surface area contributed by atoms with Crippen molar-refractivity contribution in [1.82, 2.24) is 10.3 Å². The lowest BCUT2D eigenvalue weighted by Gasteiger charge is -2.08. The molecule has 4 nitrogen and oxygen atoms in total. The number of thiazole rings is 1. The molecule has 0 spiro atoms. The second kappa shape index (κ2) is 8.31. The smallest absolute Gasteiger partial charge is 0.243 e. The summed E-state index contributed by atoms with van der Waals surface area (Å²) < 4.78 is 0. The van der Waals surface area contributed by atoms with Crippen molar-refractivity contribution in [2.24, 2.45) is 0 Å². The van der Waals surface area contributed by atoms with E-state index in [4.69, 9.17) is 23.2 Å².